The molecule has 26 heavy (non-hydrogen) atoms. The molecule has 0 spiro atoms. The Morgan fingerprint density at radius 1 is 0.769 bits per heavy atom. The van der Waals surface area contributed by atoms with E-state index >= 15 is 0 Å². The van der Waals surface area contributed by atoms with Gasteiger partial charge in [0.2, 0.25) is 0 Å². The van der Waals surface area contributed by atoms with Crippen molar-refractivity contribution in [3.05, 3.63) is 29.6 Å². The Balaban J connectivity index is 1.41. The van der Waals surface area contributed by atoms with E-state index in [1.54, 1.807) is 0 Å². The van der Waals surface area contributed by atoms with E-state index in [2.05, 4.69) is 6.92 Å². The van der Waals surface area contributed by atoms with Crippen LogP contribution >= 0.6 is 0 Å². The monoisotopic (exact) mass is 368 g/mol. The summed E-state index contributed by atoms with van der Waals surface area (Å²) in [5, 5.41) is 0. The van der Waals surface area contributed by atoms with E-state index in [1.807, 2.05) is 0 Å². The van der Waals surface area contributed by atoms with Crippen LogP contribution in [0.1, 0.15) is 71.1 Å². The molecule has 0 bridgehead atoms. The zero-order chi connectivity index (χ0) is 18.5. The molecule has 1 aromatic rings. The van der Waals surface area contributed by atoms with Crippen molar-refractivity contribution in [2.45, 2.75) is 71.1 Å². The third-order valence-electron chi connectivity index (χ3n) is 6.60. The van der Waals surface area contributed by atoms with Gasteiger partial charge in [0, 0.05) is 12.1 Å². The van der Waals surface area contributed by atoms with E-state index < -0.39 is 17.5 Å². The first-order valence-electron chi connectivity index (χ1n) is 10.3. The van der Waals surface area contributed by atoms with Crippen molar-refractivity contribution in [2.75, 3.05) is 6.61 Å². The minimum Gasteiger partial charge on any atom is -0.490 e. The van der Waals surface area contributed by atoms with Crippen LogP contribution in [0, 0.1) is 41.1 Å². The number of hydrogen-bond donors (Lipinski definition) is 0. The summed E-state index contributed by atoms with van der Waals surface area (Å²) in [4.78, 5) is 0. The molecule has 1 nitrogen and oxygen atoms in total. The van der Waals surface area contributed by atoms with Gasteiger partial charge in [-0.05, 0) is 62.2 Å². The van der Waals surface area contributed by atoms with Gasteiger partial charge in [0.1, 0.15) is 0 Å². The maximum absolute atomic E-state index is 13.6. The van der Waals surface area contributed by atoms with Gasteiger partial charge in [0.05, 0.1) is 6.61 Å². The van der Waals surface area contributed by atoms with Gasteiger partial charge in [-0.3, -0.25) is 0 Å². The first-order valence-corrected chi connectivity index (χ1v) is 10.3. The highest BCUT2D eigenvalue weighted by Crippen LogP contribution is 2.42. The van der Waals surface area contributed by atoms with E-state index in [0.717, 1.165) is 36.7 Å². The summed E-state index contributed by atoms with van der Waals surface area (Å²) in [5.74, 6) is -0.209. The Morgan fingerprint density at radius 2 is 1.31 bits per heavy atom. The van der Waals surface area contributed by atoms with E-state index in [-0.39, 0.29) is 5.75 Å². The van der Waals surface area contributed by atoms with Crippen LogP contribution < -0.4 is 4.74 Å². The lowest BCUT2D eigenvalue weighted by Gasteiger charge is -2.37. The lowest BCUT2D eigenvalue weighted by atomic mass is 9.69. The van der Waals surface area contributed by atoms with E-state index in [9.17, 15) is 13.2 Å². The third-order valence-corrected chi connectivity index (χ3v) is 6.60. The van der Waals surface area contributed by atoms with Crippen LogP contribution in [-0.2, 0) is 0 Å². The van der Waals surface area contributed by atoms with Gasteiger partial charge in [-0.2, -0.15) is 0 Å². The summed E-state index contributed by atoms with van der Waals surface area (Å²) in [7, 11) is 0. The molecular formula is C22H31F3O. The zero-order valence-corrected chi connectivity index (χ0v) is 15.8. The highest BCUT2D eigenvalue weighted by molar-refractivity contribution is 5.26. The molecule has 3 rings (SSSR count). The zero-order valence-electron chi connectivity index (χ0n) is 15.8. The molecule has 0 radical (unpaired) electrons. The van der Waals surface area contributed by atoms with E-state index in [4.69, 9.17) is 4.74 Å². The molecule has 2 fully saturated rings. The SMILES string of the molecule is CCCC1CCC(C2CCC(COc3cc(F)c(F)cc3F)CC2)CC1. The summed E-state index contributed by atoms with van der Waals surface area (Å²) >= 11 is 0. The van der Waals surface area contributed by atoms with Crippen molar-refractivity contribution in [3.63, 3.8) is 0 Å². The normalized spacial score (nSPS) is 29.5. The Morgan fingerprint density at radius 3 is 1.88 bits per heavy atom. The van der Waals surface area contributed by atoms with Crippen LogP contribution in [0.3, 0.4) is 0 Å². The fraction of sp³-hybridized carbons (Fsp3) is 0.727. The van der Waals surface area contributed by atoms with Crippen molar-refractivity contribution in [1.82, 2.24) is 0 Å². The Labute approximate surface area is 155 Å². The van der Waals surface area contributed by atoms with Crippen LogP contribution in [0.5, 0.6) is 5.75 Å². The topological polar surface area (TPSA) is 9.23 Å². The van der Waals surface area contributed by atoms with Crippen LogP contribution in [0.15, 0.2) is 12.1 Å². The highest BCUT2D eigenvalue weighted by atomic mass is 19.2. The average molecular weight is 368 g/mol. The molecule has 0 amide bonds. The van der Waals surface area contributed by atoms with Crippen molar-refractivity contribution >= 4 is 0 Å². The van der Waals surface area contributed by atoms with Crippen LogP contribution in [0.2, 0.25) is 0 Å². The summed E-state index contributed by atoms with van der Waals surface area (Å²) < 4.78 is 45.3. The predicted octanol–water partition coefficient (Wildman–Crippen LogP) is 6.90. The molecule has 0 N–H and O–H groups in total. The quantitative estimate of drug-likeness (QED) is 0.496. The Hall–Kier alpha value is -1.19. The number of hydrogen-bond acceptors (Lipinski definition) is 1. The molecule has 4 heteroatoms. The predicted molar refractivity (Wildman–Crippen MR) is 97.6 cm³/mol. The number of halogens is 3. The van der Waals surface area contributed by atoms with E-state index in [0.29, 0.717) is 18.6 Å². The first kappa shape index (κ1) is 19.6. The second-order valence-electron chi connectivity index (χ2n) is 8.36. The number of benzene rings is 1. The highest BCUT2D eigenvalue weighted by Gasteiger charge is 2.31. The van der Waals surface area contributed by atoms with Crippen molar-refractivity contribution < 1.29 is 17.9 Å². The average Bonchev–Trinajstić information content (AvgIpc) is 2.65. The third kappa shape index (κ3) is 4.95. The largest absolute Gasteiger partial charge is 0.490 e. The van der Waals surface area contributed by atoms with Crippen molar-refractivity contribution in [3.8, 4) is 5.75 Å². The molecule has 0 aliphatic heterocycles. The van der Waals surface area contributed by atoms with Gasteiger partial charge >= 0.3 is 0 Å². The maximum atomic E-state index is 13.6. The molecular weight excluding hydrogens is 337 g/mol. The summed E-state index contributed by atoms with van der Waals surface area (Å²) in [6, 6.07) is 1.36. The van der Waals surface area contributed by atoms with Crippen LogP contribution in [0.25, 0.3) is 0 Å². The first-order chi connectivity index (χ1) is 12.6. The van der Waals surface area contributed by atoms with Crippen molar-refractivity contribution in [2.24, 2.45) is 23.7 Å². The second-order valence-corrected chi connectivity index (χ2v) is 8.36. The van der Waals surface area contributed by atoms with Gasteiger partial charge in [-0.1, -0.05) is 32.6 Å². The molecule has 2 saturated carbocycles. The molecule has 0 aromatic heterocycles. The molecule has 2 aliphatic carbocycles. The number of rotatable bonds is 6. The van der Waals surface area contributed by atoms with Gasteiger partial charge in [-0.25, -0.2) is 13.2 Å². The van der Waals surface area contributed by atoms with Gasteiger partial charge < -0.3 is 4.74 Å². The molecule has 146 valence electrons. The molecule has 0 heterocycles. The Bertz CT molecular complexity index is 573. The standard InChI is InChI=1S/C22H31F3O/c1-2-3-15-4-8-17(9-5-15)18-10-6-16(7-11-18)14-26-22-13-20(24)19(23)12-21(22)25/h12-13,15-18H,2-11,14H2,1H3. The van der Waals surface area contributed by atoms with Gasteiger partial charge in [0.25, 0.3) is 0 Å². The minimum atomic E-state index is -1.18. The molecule has 2 aliphatic rings. The maximum Gasteiger partial charge on any atom is 0.168 e. The van der Waals surface area contributed by atoms with Crippen molar-refractivity contribution in [1.29, 1.82) is 0 Å². The molecule has 0 atom stereocenters. The van der Waals surface area contributed by atoms with Crippen LogP contribution in [-0.4, -0.2) is 6.61 Å². The summed E-state index contributed by atoms with van der Waals surface area (Å²) in [5.41, 5.74) is 0. The fourth-order valence-electron chi connectivity index (χ4n) is 5.01. The molecule has 0 unspecified atom stereocenters. The summed E-state index contributed by atoms with van der Waals surface area (Å²) in [6.07, 6.45) is 12.9. The van der Waals surface area contributed by atoms with E-state index in [1.165, 1.54) is 51.4 Å². The Kier molecular flexibility index (Phi) is 6.88. The van der Waals surface area contributed by atoms with Crippen LogP contribution in [0.4, 0.5) is 13.2 Å². The minimum absolute atomic E-state index is 0.180. The smallest absolute Gasteiger partial charge is 0.168 e. The fourth-order valence-corrected chi connectivity index (χ4v) is 5.01. The second kappa shape index (κ2) is 9.14. The van der Waals surface area contributed by atoms with Gasteiger partial charge in [-0.15, -0.1) is 0 Å². The number of ether oxygens (including phenoxy) is 1. The lowest BCUT2D eigenvalue weighted by Crippen LogP contribution is -2.27. The molecule has 0 saturated heterocycles. The summed E-state index contributed by atoms with van der Waals surface area (Å²) in [6.45, 7) is 2.67. The van der Waals surface area contributed by atoms with Gasteiger partial charge in [0.15, 0.2) is 23.2 Å². The lowest BCUT2D eigenvalue weighted by molar-refractivity contribution is 0.120. The molecule has 1 aromatic carbocycles.